The van der Waals surface area contributed by atoms with Crippen molar-refractivity contribution < 1.29 is 26.3 Å². The second-order valence-electron chi connectivity index (χ2n) is 9.89. The number of aromatic nitrogens is 1. The summed E-state index contributed by atoms with van der Waals surface area (Å²) in [4.78, 5) is 5.63. The van der Waals surface area contributed by atoms with Gasteiger partial charge in [0, 0.05) is 23.2 Å². The van der Waals surface area contributed by atoms with Crippen molar-refractivity contribution in [3.8, 4) is 6.19 Å². The van der Waals surface area contributed by atoms with Crippen LogP contribution in [0.15, 0.2) is 48.7 Å². The van der Waals surface area contributed by atoms with Gasteiger partial charge < -0.3 is 10.2 Å². The Balaban J connectivity index is 1.46. The fourth-order valence-corrected chi connectivity index (χ4v) is 4.83. The average Bonchev–Trinajstić information content (AvgIpc) is 3.76. The highest BCUT2D eigenvalue weighted by atomic mass is 19.4. The van der Waals surface area contributed by atoms with E-state index in [1.54, 1.807) is 6.20 Å². The average molecular weight is 519 g/mol. The Hall–Kier alpha value is -3.48. The molecule has 0 radical (unpaired) electrons. The number of halogens is 6. The normalized spacial score (nSPS) is 16.2. The number of para-hydroxylation sites is 1. The molecular formula is C27H24F6N4. The van der Waals surface area contributed by atoms with Crippen LogP contribution >= 0.6 is 0 Å². The number of pyridine rings is 1. The molecule has 0 spiro atoms. The molecule has 0 bridgehead atoms. The van der Waals surface area contributed by atoms with Crippen molar-refractivity contribution in [1.82, 2.24) is 9.88 Å². The van der Waals surface area contributed by atoms with Gasteiger partial charge in [-0.15, -0.1) is 0 Å². The summed E-state index contributed by atoms with van der Waals surface area (Å²) in [5.74, 6) is 1.15. The predicted molar refractivity (Wildman–Crippen MR) is 126 cm³/mol. The molecule has 0 amide bonds. The Labute approximate surface area is 209 Å². The van der Waals surface area contributed by atoms with Crippen LogP contribution in [0.5, 0.6) is 0 Å². The van der Waals surface area contributed by atoms with E-state index >= 15 is 0 Å². The first-order valence-electron chi connectivity index (χ1n) is 12.1. The molecule has 37 heavy (non-hydrogen) atoms. The van der Waals surface area contributed by atoms with Gasteiger partial charge in [-0.2, -0.15) is 31.6 Å². The van der Waals surface area contributed by atoms with E-state index in [-0.39, 0.29) is 24.2 Å². The van der Waals surface area contributed by atoms with Gasteiger partial charge in [0.05, 0.1) is 35.4 Å². The van der Waals surface area contributed by atoms with Crippen molar-refractivity contribution >= 4 is 16.6 Å². The lowest BCUT2D eigenvalue weighted by atomic mass is 10.0. The largest absolute Gasteiger partial charge is 0.416 e. The number of fused-ring (bicyclic) bond motifs is 1. The van der Waals surface area contributed by atoms with Crippen molar-refractivity contribution in [3.05, 3.63) is 70.9 Å². The summed E-state index contributed by atoms with van der Waals surface area (Å²) < 4.78 is 79.8. The van der Waals surface area contributed by atoms with Gasteiger partial charge in [-0.3, -0.25) is 4.98 Å². The lowest BCUT2D eigenvalue weighted by Gasteiger charge is -2.25. The first-order valence-corrected chi connectivity index (χ1v) is 12.1. The Morgan fingerprint density at radius 3 is 2.05 bits per heavy atom. The molecule has 1 heterocycles. The van der Waals surface area contributed by atoms with Gasteiger partial charge in [0.15, 0.2) is 6.19 Å². The van der Waals surface area contributed by atoms with Crippen molar-refractivity contribution in [1.29, 1.82) is 5.26 Å². The lowest BCUT2D eigenvalue weighted by Crippen LogP contribution is -2.26. The minimum Gasteiger partial charge on any atom is -0.381 e. The Morgan fingerprint density at radius 1 is 0.919 bits per heavy atom. The maximum Gasteiger partial charge on any atom is 0.416 e. The number of nitrogens with one attached hydrogen (secondary N) is 1. The Morgan fingerprint density at radius 2 is 1.51 bits per heavy atom. The van der Waals surface area contributed by atoms with E-state index in [0.717, 1.165) is 47.2 Å². The highest BCUT2D eigenvalue weighted by Crippen LogP contribution is 2.47. The van der Waals surface area contributed by atoms with Gasteiger partial charge in [0.2, 0.25) is 0 Å². The number of anilines is 1. The minimum absolute atomic E-state index is 0.0175. The van der Waals surface area contributed by atoms with Crippen LogP contribution in [0.4, 0.5) is 32.0 Å². The Kier molecular flexibility index (Phi) is 6.42. The highest BCUT2D eigenvalue weighted by Gasteiger charge is 2.42. The van der Waals surface area contributed by atoms with Crippen LogP contribution in [-0.4, -0.2) is 15.9 Å². The molecule has 2 aliphatic rings. The summed E-state index contributed by atoms with van der Waals surface area (Å²) in [7, 11) is 0. The van der Waals surface area contributed by atoms with E-state index in [2.05, 4.69) is 10.3 Å². The SMILES string of the molecule is N#CN(Cc1cc(C(F)(F)F)cc(C(F)(F)F)c1)Cc1cnc2ccccc2c1NC(C1CC1)C1CC1. The van der Waals surface area contributed by atoms with Crippen LogP contribution in [0, 0.1) is 23.3 Å². The summed E-state index contributed by atoms with van der Waals surface area (Å²) >= 11 is 0. The number of nitrogens with zero attached hydrogens (tertiary/aromatic N) is 3. The fourth-order valence-electron chi connectivity index (χ4n) is 4.83. The molecule has 0 unspecified atom stereocenters. The third-order valence-corrected chi connectivity index (χ3v) is 6.95. The topological polar surface area (TPSA) is 52.0 Å². The highest BCUT2D eigenvalue weighted by molar-refractivity contribution is 5.92. The maximum atomic E-state index is 13.3. The quantitative estimate of drug-likeness (QED) is 0.192. The number of hydrogen-bond donors (Lipinski definition) is 1. The fraction of sp³-hybridized carbons (Fsp3) is 0.407. The standard InChI is InChI=1S/C27H24F6N4/c28-26(29,30)20-9-16(10-21(11-20)27(31,32)33)13-37(15-34)14-19-12-35-23-4-2-1-3-22(23)25(19)36-24(17-5-6-17)18-7-8-18/h1-4,9-12,17-18,24H,5-8,13-14H2,(H,35,36). The maximum absolute atomic E-state index is 13.3. The molecule has 1 N–H and O–H groups in total. The number of nitriles is 1. The molecule has 1 aromatic heterocycles. The third kappa shape index (κ3) is 5.76. The lowest BCUT2D eigenvalue weighted by molar-refractivity contribution is -0.143. The van der Waals surface area contributed by atoms with Crippen molar-refractivity contribution in [2.24, 2.45) is 11.8 Å². The Bertz CT molecular complexity index is 1290. The first kappa shape index (κ1) is 25.2. The molecule has 194 valence electrons. The van der Waals surface area contributed by atoms with Crippen molar-refractivity contribution in [2.75, 3.05) is 5.32 Å². The molecule has 10 heteroatoms. The van der Waals surface area contributed by atoms with Crippen LogP contribution in [0.25, 0.3) is 10.9 Å². The minimum atomic E-state index is -4.95. The van der Waals surface area contributed by atoms with Crippen LogP contribution in [-0.2, 0) is 25.4 Å². The van der Waals surface area contributed by atoms with E-state index in [9.17, 15) is 31.6 Å². The zero-order chi connectivity index (χ0) is 26.4. The number of alkyl halides is 6. The second kappa shape index (κ2) is 9.43. The number of hydrogen-bond acceptors (Lipinski definition) is 4. The van der Waals surface area contributed by atoms with Crippen LogP contribution < -0.4 is 5.32 Å². The summed E-state index contributed by atoms with van der Waals surface area (Å²) in [6.07, 6.45) is -1.76. The molecule has 0 atom stereocenters. The summed E-state index contributed by atoms with van der Waals surface area (Å²) in [5, 5.41) is 14.3. The summed E-state index contributed by atoms with van der Waals surface area (Å²) in [6.45, 7) is -0.430. The monoisotopic (exact) mass is 518 g/mol. The first-order chi connectivity index (χ1) is 17.5. The zero-order valence-electron chi connectivity index (χ0n) is 19.7. The van der Waals surface area contributed by atoms with Gasteiger partial charge in [-0.1, -0.05) is 18.2 Å². The number of benzene rings is 2. The molecule has 2 aliphatic carbocycles. The molecule has 5 rings (SSSR count). The predicted octanol–water partition coefficient (Wildman–Crippen LogP) is 7.36. The van der Waals surface area contributed by atoms with Gasteiger partial charge in [-0.05, 0) is 67.3 Å². The van der Waals surface area contributed by atoms with E-state index in [4.69, 9.17) is 0 Å². The molecule has 3 aromatic rings. The zero-order valence-corrected chi connectivity index (χ0v) is 19.7. The van der Waals surface area contributed by atoms with Crippen LogP contribution in [0.3, 0.4) is 0 Å². The number of rotatable bonds is 8. The van der Waals surface area contributed by atoms with Crippen molar-refractivity contribution in [2.45, 2.75) is 57.2 Å². The molecular weight excluding hydrogens is 494 g/mol. The summed E-state index contributed by atoms with van der Waals surface area (Å²) in [6, 6.07) is 9.24. The van der Waals surface area contributed by atoms with Gasteiger partial charge in [-0.25, -0.2) is 0 Å². The molecule has 2 saturated carbocycles. The van der Waals surface area contributed by atoms with Crippen molar-refractivity contribution in [3.63, 3.8) is 0 Å². The van der Waals surface area contributed by atoms with Gasteiger partial charge in [0.1, 0.15) is 0 Å². The molecule has 2 fully saturated rings. The van der Waals surface area contributed by atoms with E-state index in [1.165, 1.54) is 0 Å². The molecule has 4 nitrogen and oxygen atoms in total. The van der Waals surface area contributed by atoms with E-state index in [1.807, 2.05) is 30.5 Å². The van der Waals surface area contributed by atoms with Gasteiger partial charge in [0.25, 0.3) is 0 Å². The van der Waals surface area contributed by atoms with Crippen LogP contribution in [0.1, 0.15) is 47.9 Å². The second-order valence-corrected chi connectivity index (χ2v) is 9.89. The third-order valence-electron chi connectivity index (χ3n) is 6.95. The molecule has 0 saturated heterocycles. The molecule has 0 aliphatic heterocycles. The van der Waals surface area contributed by atoms with Crippen LogP contribution in [0.2, 0.25) is 0 Å². The molecule has 2 aromatic carbocycles. The van der Waals surface area contributed by atoms with E-state index in [0.29, 0.717) is 29.5 Å². The summed E-state index contributed by atoms with van der Waals surface area (Å²) in [5.41, 5.74) is -0.816. The smallest absolute Gasteiger partial charge is 0.381 e. The van der Waals surface area contributed by atoms with E-state index < -0.39 is 30.0 Å². The van der Waals surface area contributed by atoms with Gasteiger partial charge >= 0.3 is 12.4 Å².